The van der Waals surface area contributed by atoms with Gasteiger partial charge in [0.15, 0.2) is 6.61 Å². The van der Waals surface area contributed by atoms with E-state index in [9.17, 15) is 4.79 Å². The highest BCUT2D eigenvalue weighted by Gasteiger charge is 2.33. The van der Waals surface area contributed by atoms with E-state index in [2.05, 4.69) is 20.9 Å². The summed E-state index contributed by atoms with van der Waals surface area (Å²) in [4.78, 5) is 17.9. The monoisotopic (exact) mass is 430 g/mol. The second-order valence-corrected chi connectivity index (χ2v) is 6.89. The minimum Gasteiger partial charge on any atom is -0.482 e. The highest BCUT2D eigenvalue weighted by atomic mass is 79.9. The minimum absolute atomic E-state index is 0.0701. The number of pyridine rings is 1. The van der Waals surface area contributed by atoms with Gasteiger partial charge >= 0.3 is 0 Å². The quantitative estimate of drug-likeness (QED) is 0.722. The fraction of sp³-hybridized carbons (Fsp3) is 0.250. The molecular formula is C16H13BrCl2N2O3. The summed E-state index contributed by atoms with van der Waals surface area (Å²) in [5.41, 5.74) is 0. The van der Waals surface area contributed by atoms with E-state index in [0.717, 1.165) is 4.47 Å². The summed E-state index contributed by atoms with van der Waals surface area (Å²) in [5.74, 6) is 0.833. The number of carbonyl (C=O) groups excluding carboxylic acids is 1. The number of ether oxygens (including phenoxy) is 2. The Labute approximate surface area is 157 Å². The predicted molar refractivity (Wildman–Crippen MR) is 94.9 cm³/mol. The highest BCUT2D eigenvalue weighted by Crippen LogP contribution is 2.28. The molecule has 126 valence electrons. The Bertz CT molecular complexity index is 754. The molecule has 1 aliphatic rings. The zero-order chi connectivity index (χ0) is 17.1. The Balaban J connectivity index is 1.46. The van der Waals surface area contributed by atoms with Crippen LogP contribution in [0.1, 0.15) is 0 Å². The first kappa shape index (κ1) is 17.3. The summed E-state index contributed by atoms with van der Waals surface area (Å²) in [6, 6.07) is 8.53. The average molecular weight is 432 g/mol. The van der Waals surface area contributed by atoms with Crippen LogP contribution in [-0.4, -0.2) is 41.6 Å². The number of carbonyl (C=O) groups is 1. The van der Waals surface area contributed by atoms with E-state index >= 15 is 0 Å². The van der Waals surface area contributed by atoms with Crippen molar-refractivity contribution in [1.29, 1.82) is 0 Å². The largest absolute Gasteiger partial charge is 0.482 e. The first-order valence-electron chi connectivity index (χ1n) is 7.15. The number of halogens is 3. The molecule has 2 aromatic rings. The molecule has 1 saturated heterocycles. The third-order valence-electron chi connectivity index (χ3n) is 3.45. The second kappa shape index (κ2) is 7.59. The molecule has 0 unspecified atom stereocenters. The molecule has 8 heteroatoms. The van der Waals surface area contributed by atoms with Crippen molar-refractivity contribution in [1.82, 2.24) is 9.88 Å². The van der Waals surface area contributed by atoms with E-state index in [4.69, 9.17) is 32.7 Å². The van der Waals surface area contributed by atoms with Crippen LogP contribution in [0.15, 0.2) is 41.0 Å². The lowest BCUT2D eigenvalue weighted by Gasteiger charge is -2.38. The Hall–Kier alpha value is -1.50. The Kier molecular flexibility index (Phi) is 5.48. The van der Waals surface area contributed by atoms with Gasteiger partial charge in [0.2, 0.25) is 5.88 Å². The fourth-order valence-electron chi connectivity index (χ4n) is 2.16. The lowest BCUT2D eigenvalue weighted by molar-refractivity contribution is -0.142. The molecule has 3 rings (SSSR count). The van der Waals surface area contributed by atoms with Gasteiger partial charge in [0.05, 0.1) is 22.6 Å². The molecule has 0 N–H and O–H groups in total. The average Bonchev–Trinajstić information content (AvgIpc) is 2.51. The minimum atomic E-state index is -0.124. The fourth-order valence-corrected chi connectivity index (χ4v) is 2.97. The number of amides is 1. The standard InChI is InChI=1S/C16H13BrCl2N2O3/c17-12-2-1-5-20-16(12)24-11-7-21(8-11)15(22)9-23-14-4-3-10(18)6-13(14)19/h1-6,11H,7-9H2. The van der Waals surface area contributed by atoms with Crippen molar-refractivity contribution in [3.8, 4) is 11.6 Å². The number of rotatable bonds is 5. The first-order chi connectivity index (χ1) is 11.5. The molecule has 2 heterocycles. The van der Waals surface area contributed by atoms with Gasteiger partial charge in [-0.15, -0.1) is 0 Å². The van der Waals surface area contributed by atoms with Crippen LogP contribution in [0, 0.1) is 0 Å². The van der Waals surface area contributed by atoms with Gasteiger partial charge in [-0.25, -0.2) is 4.98 Å². The predicted octanol–water partition coefficient (Wildman–Crippen LogP) is 3.82. The summed E-state index contributed by atoms with van der Waals surface area (Å²) in [6.45, 7) is 0.917. The van der Waals surface area contributed by atoms with Crippen LogP contribution < -0.4 is 9.47 Å². The molecule has 0 radical (unpaired) electrons. The van der Waals surface area contributed by atoms with E-state index in [1.165, 1.54) is 0 Å². The Morgan fingerprint density at radius 2 is 2.12 bits per heavy atom. The summed E-state index contributed by atoms with van der Waals surface area (Å²) in [5, 5.41) is 0.891. The molecule has 0 aliphatic carbocycles. The van der Waals surface area contributed by atoms with Gasteiger partial charge in [0, 0.05) is 11.2 Å². The van der Waals surface area contributed by atoms with E-state index in [-0.39, 0.29) is 18.6 Å². The maximum atomic E-state index is 12.1. The van der Waals surface area contributed by atoms with E-state index in [1.54, 1.807) is 29.3 Å². The molecular weight excluding hydrogens is 419 g/mol. The molecule has 0 atom stereocenters. The van der Waals surface area contributed by atoms with Crippen LogP contribution in [0.4, 0.5) is 0 Å². The number of aromatic nitrogens is 1. The Morgan fingerprint density at radius 1 is 1.33 bits per heavy atom. The van der Waals surface area contributed by atoms with Gasteiger partial charge in [-0.2, -0.15) is 0 Å². The van der Waals surface area contributed by atoms with Crippen LogP contribution in [0.25, 0.3) is 0 Å². The molecule has 24 heavy (non-hydrogen) atoms. The molecule has 1 aliphatic heterocycles. The third kappa shape index (κ3) is 4.12. The third-order valence-corrected chi connectivity index (χ3v) is 4.58. The number of likely N-dealkylation sites (tertiary alicyclic amines) is 1. The Morgan fingerprint density at radius 3 is 2.83 bits per heavy atom. The molecule has 0 saturated carbocycles. The summed E-state index contributed by atoms with van der Waals surface area (Å²) in [7, 11) is 0. The smallest absolute Gasteiger partial charge is 0.260 e. The van der Waals surface area contributed by atoms with Crippen molar-refractivity contribution in [2.45, 2.75) is 6.10 Å². The highest BCUT2D eigenvalue weighted by molar-refractivity contribution is 9.10. The maximum absolute atomic E-state index is 12.1. The molecule has 0 spiro atoms. The van der Waals surface area contributed by atoms with Crippen molar-refractivity contribution in [2.24, 2.45) is 0 Å². The number of benzene rings is 1. The van der Waals surface area contributed by atoms with Gasteiger partial charge < -0.3 is 14.4 Å². The van der Waals surface area contributed by atoms with E-state index < -0.39 is 0 Å². The molecule has 5 nitrogen and oxygen atoms in total. The van der Waals surface area contributed by atoms with Gasteiger partial charge in [-0.3, -0.25) is 4.79 Å². The van der Waals surface area contributed by atoms with Crippen molar-refractivity contribution in [3.05, 3.63) is 51.0 Å². The van der Waals surface area contributed by atoms with Crippen LogP contribution in [-0.2, 0) is 4.79 Å². The lowest BCUT2D eigenvalue weighted by Crippen LogP contribution is -2.57. The van der Waals surface area contributed by atoms with Crippen LogP contribution >= 0.6 is 39.1 Å². The van der Waals surface area contributed by atoms with Crippen molar-refractivity contribution < 1.29 is 14.3 Å². The van der Waals surface area contributed by atoms with Crippen LogP contribution in [0.2, 0.25) is 10.0 Å². The van der Waals surface area contributed by atoms with E-state index in [0.29, 0.717) is 34.8 Å². The molecule has 0 bridgehead atoms. The van der Waals surface area contributed by atoms with Crippen molar-refractivity contribution in [2.75, 3.05) is 19.7 Å². The normalized spacial score (nSPS) is 14.2. The van der Waals surface area contributed by atoms with Gasteiger partial charge in [0.1, 0.15) is 11.9 Å². The topological polar surface area (TPSA) is 51.7 Å². The molecule has 1 aromatic heterocycles. The van der Waals surface area contributed by atoms with Crippen molar-refractivity contribution in [3.63, 3.8) is 0 Å². The SMILES string of the molecule is O=C(COc1ccc(Cl)cc1Cl)N1CC(Oc2ncccc2Br)C1. The van der Waals surface area contributed by atoms with Crippen LogP contribution in [0.3, 0.4) is 0 Å². The van der Waals surface area contributed by atoms with Crippen LogP contribution in [0.5, 0.6) is 11.6 Å². The number of hydrogen-bond donors (Lipinski definition) is 0. The molecule has 1 aromatic carbocycles. The van der Waals surface area contributed by atoms with Crippen molar-refractivity contribution >= 4 is 45.0 Å². The maximum Gasteiger partial charge on any atom is 0.260 e. The number of nitrogens with zero attached hydrogens (tertiary/aromatic N) is 2. The van der Waals surface area contributed by atoms with Gasteiger partial charge in [-0.05, 0) is 46.3 Å². The van der Waals surface area contributed by atoms with Gasteiger partial charge in [0.25, 0.3) is 5.91 Å². The second-order valence-electron chi connectivity index (χ2n) is 5.19. The van der Waals surface area contributed by atoms with E-state index in [1.807, 2.05) is 12.1 Å². The summed E-state index contributed by atoms with van der Waals surface area (Å²) in [6.07, 6.45) is 1.59. The zero-order valence-corrected chi connectivity index (χ0v) is 15.5. The number of hydrogen-bond acceptors (Lipinski definition) is 4. The zero-order valence-electron chi connectivity index (χ0n) is 12.4. The summed E-state index contributed by atoms with van der Waals surface area (Å²) < 4.78 is 12.0. The molecule has 1 fully saturated rings. The first-order valence-corrected chi connectivity index (χ1v) is 8.70. The molecule has 1 amide bonds. The summed E-state index contributed by atoms with van der Waals surface area (Å²) >= 11 is 15.2. The van der Waals surface area contributed by atoms with Gasteiger partial charge in [-0.1, -0.05) is 23.2 Å². The lowest BCUT2D eigenvalue weighted by atomic mass is 10.1.